The first kappa shape index (κ1) is 21.2. The maximum atomic E-state index is 5.50. The Bertz CT molecular complexity index is 342. The highest BCUT2D eigenvalue weighted by molar-refractivity contribution is 5.79. The van der Waals surface area contributed by atoms with E-state index in [0.717, 1.165) is 58.4 Å². The summed E-state index contributed by atoms with van der Waals surface area (Å²) in [7, 11) is 1.68. The zero-order chi connectivity index (χ0) is 17.6. The fourth-order valence-electron chi connectivity index (χ4n) is 2.69. The molecule has 0 spiro atoms. The van der Waals surface area contributed by atoms with Crippen LogP contribution in [0.4, 0.5) is 0 Å². The number of rotatable bonds is 11. The first-order valence-electron chi connectivity index (χ1n) is 9.11. The largest absolute Gasteiger partial charge is 0.382 e. The highest BCUT2D eigenvalue weighted by Crippen LogP contribution is 2.10. The van der Waals surface area contributed by atoms with Crippen molar-refractivity contribution in [3.05, 3.63) is 0 Å². The van der Waals surface area contributed by atoms with Crippen LogP contribution in [0.25, 0.3) is 0 Å². The minimum atomic E-state index is 0.414. The molecule has 7 nitrogen and oxygen atoms in total. The van der Waals surface area contributed by atoms with Crippen LogP contribution in [0, 0.1) is 0 Å². The second-order valence-electron chi connectivity index (χ2n) is 6.12. The molecule has 2 atom stereocenters. The van der Waals surface area contributed by atoms with E-state index in [1.807, 2.05) is 0 Å². The van der Waals surface area contributed by atoms with Crippen LogP contribution in [0.15, 0.2) is 4.99 Å². The average Bonchev–Trinajstić information content (AvgIpc) is 2.59. The quantitative estimate of drug-likeness (QED) is 0.327. The molecule has 1 aliphatic rings. The lowest BCUT2D eigenvalue weighted by Gasteiger charge is -2.37. The lowest BCUT2D eigenvalue weighted by atomic mass is 10.2. The van der Waals surface area contributed by atoms with E-state index in [1.54, 1.807) is 7.11 Å². The Morgan fingerprint density at radius 3 is 2.88 bits per heavy atom. The van der Waals surface area contributed by atoms with Gasteiger partial charge in [0.2, 0.25) is 0 Å². The molecule has 142 valence electrons. The second-order valence-corrected chi connectivity index (χ2v) is 6.12. The van der Waals surface area contributed by atoms with Crippen LogP contribution in [-0.2, 0) is 14.2 Å². The van der Waals surface area contributed by atoms with Crippen LogP contribution in [0.1, 0.15) is 27.2 Å². The number of guanidine groups is 1. The third kappa shape index (κ3) is 8.82. The second kappa shape index (κ2) is 13.4. The van der Waals surface area contributed by atoms with Gasteiger partial charge in [-0.25, -0.2) is 0 Å². The van der Waals surface area contributed by atoms with Crippen LogP contribution in [0.2, 0.25) is 0 Å². The van der Waals surface area contributed by atoms with Crippen molar-refractivity contribution in [2.24, 2.45) is 4.99 Å². The molecule has 1 heterocycles. The molecular weight excluding hydrogens is 308 g/mol. The molecule has 24 heavy (non-hydrogen) atoms. The van der Waals surface area contributed by atoms with Crippen molar-refractivity contribution >= 4 is 5.96 Å². The first-order valence-corrected chi connectivity index (χ1v) is 9.11. The minimum Gasteiger partial charge on any atom is -0.382 e. The summed E-state index contributed by atoms with van der Waals surface area (Å²) in [6, 6.07) is 0.875. The summed E-state index contributed by atoms with van der Waals surface area (Å²) in [5, 5.41) is 6.66. The number of hydrogen-bond acceptors (Lipinski definition) is 5. The maximum absolute atomic E-state index is 5.50. The standard InChI is InChI=1S/C17H36N4O3/c1-5-18-17(19-7-6-9-23-12-11-22-4)20-13-15(2)21-8-10-24-14-16(21)3/h15-16H,5-14H2,1-4H3,(H2,18,19,20). The summed E-state index contributed by atoms with van der Waals surface area (Å²) in [4.78, 5) is 7.19. The van der Waals surface area contributed by atoms with Crippen molar-refractivity contribution in [1.82, 2.24) is 15.5 Å². The van der Waals surface area contributed by atoms with Gasteiger partial charge in [0.1, 0.15) is 0 Å². The van der Waals surface area contributed by atoms with Gasteiger partial charge in [0.05, 0.1) is 33.0 Å². The summed E-state index contributed by atoms with van der Waals surface area (Å²) in [5.41, 5.74) is 0. The molecular formula is C17H36N4O3. The average molecular weight is 345 g/mol. The van der Waals surface area contributed by atoms with Crippen LogP contribution in [0.5, 0.6) is 0 Å². The van der Waals surface area contributed by atoms with E-state index < -0.39 is 0 Å². The Balaban J connectivity index is 2.28. The monoisotopic (exact) mass is 344 g/mol. The van der Waals surface area contributed by atoms with Crippen molar-refractivity contribution in [1.29, 1.82) is 0 Å². The molecule has 0 aromatic heterocycles. The smallest absolute Gasteiger partial charge is 0.191 e. The summed E-state index contributed by atoms with van der Waals surface area (Å²) in [6.45, 7) is 13.7. The number of ether oxygens (including phenoxy) is 3. The number of aliphatic imine (C=N–C) groups is 1. The van der Waals surface area contributed by atoms with Crippen molar-refractivity contribution < 1.29 is 14.2 Å². The van der Waals surface area contributed by atoms with Gasteiger partial charge in [-0.15, -0.1) is 0 Å². The predicted octanol–water partition coefficient (Wildman–Crippen LogP) is 0.704. The third-order valence-corrected chi connectivity index (χ3v) is 4.03. The number of hydrogen-bond donors (Lipinski definition) is 2. The Morgan fingerprint density at radius 1 is 1.33 bits per heavy atom. The molecule has 0 bridgehead atoms. The van der Waals surface area contributed by atoms with Crippen molar-refractivity contribution in [2.75, 3.05) is 66.3 Å². The molecule has 0 saturated carbocycles. The van der Waals surface area contributed by atoms with Crippen molar-refractivity contribution in [2.45, 2.75) is 39.3 Å². The summed E-state index contributed by atoms with van der Waals surface area (Å²) in [6.07, 6.45) is 0.949. The third-order valence-electron chi connectivity index (χ3n) is 4.03. The topological polar surface area (TPSA) is 67.4 Å². The molecule has 1 aliphatic heterocycles. The summed E-state index contributed by atoms with van der Waals surface area (Å²) < 4.78 is 15.9. The molecule has 2 N–H and O–H groups in total. The SMILES string of the molecule is CCNC(=NCC(C)N1CCOCC1C)NCCCOCCOC. The maximum Gasteiger partial charge on any atom is 0.191 e. The Morgan fingerprint density at radius 2 is 2.17 bits per heavy atom. The highest BCUT2D eigenvalue weighted by Gasteiger charge is 2.23. The van der Waals surface area contributed by atoms with Gasteiger partial charge in [-0.3, -0.25) is 9.89 Å². The van der Waals surface area contributed by atoms with E-state index in [1.165, 1.54) is 0 Å². The lowest BCUT2D eigenvalue weighted by molar-refractivity contribution is -0.0165. The van der Waals surface area contributed by atoms with Crippen LogP contribution >= 0.6 is 0 Å². The van der Waals surface area contributed by atoms with Gasteiger partial charge in [-0.2, -0.15) is 0 Å². The van der Waals surface area contributed by atoms with Gasteiger partial charge >= 0.3 is 0 Å². The van der Waals surface area contributed by atoms with Gasteiger partial charge in [-0.1, -0.05) is 0 Å². The molecule has 1 rings (SSSR count). The van der Waals surface area contributed by atoms with E-state index in [0.29, 0.717) is 25.3 Å². The van der Waals surface area contributed by atoms with Crippen LogP contribution in [-0.4, -0.2) is 89.3 Å². The Labute approximate surface area is 147 Å². The number of nitrogens with one attached hydrogen (secondary N) is 2. The molecule has 0 radical (unpaired) electrons. The fourth-order valence-corrected chi connectivity index (χ4v) is 2.69. The molecule has 0 aliphatic carbocycles. The normalized spacial score (nSPS) is 20.8. The van der Waals surface area contributed by atoms with Crippen LogP contribution in [0.3, 0.4) is 0 Å². The molecule has 0 aromatic rings. The fraction of sp³-hybridized carbons (Fsp3) is 0.941. The van der Waals surface area contributed by atoms with E-state index in [2.05, 4.69) is 36.3 Å². The van der Waals surface area contributed by atoms with Crippen LogP contribution < -0.4 is 10.6 Å². The molecule has 0 amide bonds. The minimum absolute atomic E-state index is 0.414. The Kier molecular flexibility index (Phi) is 11.8. The lowest BCUT2D eigenvalue weighted by Crippen LogP contribution is -2.49. The van der Waals surface area contributed by atoms with Gasteiger partial charge in [0.25, 0.3) is 0 Å². The molecule has 7 heteroatoms. The van der Waals surface area contributed by atoms with Gasteiger partial charge in [0, 0.05) is 45.4 Å². The molecule has 0 aromatic carbocycles. The highest BCUT2D eigenvalue weighted by atomic mass is 16.5. The molecule has 2 unspecified atom stereocenters. The zero-order valence-corrected chi connectivity index (χ0v) is 15.8. The summed E-state index contributed by atoms with van der Waals surface area (Å²) in [5.74, 6) is 0.877. The van der Waals surface area contributed by atoms with Gasteiger partial charge in [0.15, 0.2) is 5.96 Å². The predicted molar refractivity (Wildman–Crippen MR) is 97.7 cm³/mol. The van der Waals surface area contributed by atoms with Gasteiger partial charge < -0.3 is 24.8 Å². The number of morpholine rings is 1. The zero-order valence-electron chi connectivity index (χ0n) is 15.8. The molecule has 1 saturated heterocycles. The van der Waals surface area contributed by atoms with Gasteiger partial charge in [-0.05, 0) is 27.2 Å². The van der Waals surface area contributed by atoms with E-state index in [-0.39, 0.29) is 0 Å². The summed E-state index contributed by atoms with van der Waals surface area (Å²) >= 11 is 0. The number of methoxy groups -OCH3 is 1. The van der Waals surface area contributed by atoms with E-state index in [4.69, 9.17) is 19.2 Å². The molecule has 1 fully saturated rings. The number of nitrogens with zero attached hydrogens (tertiary/aromatic N) is 2. The van der Waals surface area contributed by atoms with Crippen molar-refractivity contribution in [3.63, 3.8) is 0 Å². The first-order chi connectivity index (χ1) is 11.7. The Hall–Kier alpha value is -0.890. The van der Waals surface area contributed by atoms with Crippen molar-refractivity contribution in [3.8, 4) is 0 Å². The van der Waals surface area contributed by atoms with E-state index in [9.17, 15) is 0 Å². The van der Waals surface area contributed by atoms with E-state index >= 15 is 0 Å².